The lowest BCUT2D eigenvalue weighted by atomic mass is 10.1. The number of rotatable bonds is 9. The van der Waals surface area contributed by atoms with Crippen molar-refractivity contribution in [1.29, 1.82) is 0 Å². The van der Waals surface area contributed by atoms with Crippen molar-refractivity contribution >= 4 is 15.9 Å². The summed E-state index contributed by atoms with van der Waals surface area (Å²) in [6.45, 7) is 0.460. The number of pyridine rings is 1. The quantitative estimate of drug-likeness (QED) is 0.720. The molecule has 1 heterocycles. The maximum absolute atomic E-state index is 13.5. The molecule has 0 unspecified atom stereocenters. The SMILES string of the molecule is CS(=O)(=O)N(CCC(=O)NCCc1ccccc1F)Cc1ccccn1. The number of nitrogens with one attached hydrogen (secondary N) is 1. The molecule has 2 rings (SSSR count). The first-order valence-corrected chi connectivity index (χ1v) is 10.1. The standard InChI is InChI=1S/C18H22FN3O3S/c1-26(24,25)22(14-16-7-4-5-11-20-16)13-10-18(23)21-12-9-15-6-2-3-8-17(15)19/h2-8,11H,9-10,12-14H2,1H3,(H,21,23). The van der Waals surface area contributed by atoms with Crippen LogP contribution >= 0.6 is 0 Å². The molecule has 8 heteroatoms. The number of hydrogen-bond donors (Lipinski definition) is 1. The van der Waals surface area contributed by atoms with Crippen LogP contribution < -0.4 is 5.32 Å². The van der Waals surface area contributed by atoms with Gasteiger partial charge in [-0.2, -0.15) is 4.31 Å². The summed E-state index contributed by atoms with van der Waals surface area (Å²) in [5.74, 6) is -0.587. The van der Waals surface area contributed by atoms with E-state index in [0.717, 1.165) is 6.26 Å². The van der Waals surface area contributed by atoms with Crippen molar-refractivity contribution in [3.63, 3.8) is 0 Å². The molecule has 140 valence electrons. The minimum atomic E-state index is -3.46. The molecule has 6 nitrogen and oxygen atoms in total. The first kappa shape index (κ1) is 20.0. The summed E-state index contributed by atoms with van der Waals surface area (Å²) in [5, 5.41) is 2.69. The van der Waals surface area contributed by atoms with E-state index in [1.165, 1.54) is 10.4 Å². The second-order valence-corrected chi connectivity index (χ2v) is 7.84. The molecule has 1 aromatic heterocycles. The van der Waals surface area contributed by atoms with Gasteiger partial charge in [-0.15, -0.1) is 0 Å². The van der Waals surface area contributed by atoms with Crippen molar-refractivity contribution in [3.05, 3.63) is 65.7 Å². The van der Waals surface area contributed by atoms with E-state index in [4.69, 9.17) is 0 Å². The Balaban J connectivity index is 1.82. The van der Waals surface area contributed by atoms with Crippen LogP contribution in [0, 0.1) is 5.82 Å². The Hall–Kier alpha value is -2.32. The van der Waals surface area contributed by atoms with Crippen molar-refractivity contribution < 1.29 is 17.6 Å². The third kappa shape index (κ3) is 6.53. The fourth-order valence-corrected chi connectivity index (χ4v) is 3.18. The molecule has 1 N–H and O–H groups in total. The van der Waals surface area contributed by atoms with Gasteiger partial charge in [0.2, 0.25) is 15.9 Å². The minimum absolute atomic E-state index is 0.0250. The summed E-state index contributed by atoms with van der Waals surface area (Å²) < 4.78 is 38.5. The van der Waals surface area contributed by atoms with Crippen LogP contribution in [0.3, 0.4) is 0 Å². The highest BCUT2D eigenvalue weighted by Crippen LogP contribution is 2.08. The van der Waals surface area contributed by atoms with Crippen molar-refractivity contribution in [1.82, 2.24) is 14.6 Å². The maximum atomic E-state index is 13.5. The predicted octanol–water partition coefficient (Wildman–Crippen LogP) is 1.73. The topological polar surface area (TPSA) is 79.4 Å². The van der Waals surface area contributed by atoms with Crippen molar-refractivity contribution in [3.8, 4) is 0 Å². The third-order valence-electron chi connectivity index (χ3n) is 3.80. The van der Waals surface area contributed by atoms with Gasteiger partial charge in [-0.05, 0) is 30.2 Å². The van der Waals surface area contributed by atoms with Gasteiger partial charge in [0.05, 0.1) is 18.5 Å². The highest BCUT2D eigenvalue weighted by atomic mass is 32.2. The molecule has 0 aliphatic heterocycles. The predicted molar refractivity (Wildman–Crippen MR) is 97.2 cm³/mol. The second-order valence-electron chi connectivity index (χ2n) is 5.86. The molecule has 0 atom stereocenters. The summed E-state index contributed by atoms with van der Waals surface area (Å²) in [6.07, 6.45) is 3.09. The van der Waals surface area contributed by atoms with Crippen LogP contribution in [0.25, 0.3) is 0 Å². The van der Waals surface area contributed by atoms with Gasteiger partial charge in [-0.25, -0.2) is 12.8 Å². The zero-order chi connectivity index (χ0) is 19.0. The maximum Gasteiger partial charge on any atom is 0.221 e. The van der Waals surface area contributed by atoms with Gasteiger partial charge in [0, 0.05) is 25.7 Å². The largest absolute Gasteiger partial charge is 0.356 e. The molecule has 0 radical (unpaired) electrons. The van der Waals surface area contributed by atoms with Crippen LogP contribution in [0.2, 0.25) is 0 Å². The molecule has 0 aliphatic rings. The number of nitrogens with zero attached hydrogens (tertiary/aromatic N) is 2. The molecule has 0 saturated carbocycles. The summed E-state index contributed by atoms with van der Waals surface area (Å²) in [7, 11) is -3.46. The second kappa shape index (κ2) is 9.40. The number of carbonyl (C=O) groups excluding carboxylic acids is 1. The van der Waals surface area contributed by atoms with E-state index in [1.54, 1.807) is 42.6 Å². The lowest BCUT2D eigenvalue weighted by molar-refractivity contribution is -0.121. The zero-order valence-corrected chi connectivity index (χ0v) is 15.4. The van der Waals surface area contributed by atoms with Crippen molar-refractivity contribution in [2.45, 2.75) is 19.4 Å². The van der Waals surface area contributed by atoms with E-state index in [-0.39, 0.29) is 31.2 Å². The Morgan fingerprint density at radius 2 is 1.92 bits per heavy atom. The molecule has 0 saturated heterocycles. The van der Waals surface area contributed by atoms with E-state index in [0.29, 0.717) is 24.2 Å². The van der Waals surface area contributed by atoms with Crippen LogP contribution in [0.15, 0.2) is 48.7 Å². The number of halogens is 1. The van der Waals surface area contributed by atoms with Crippen LogP contribution in [-0.4, -0.2) is 43.0 Å². The van der Waals surface area contributed by atoms with Crippen LogP contribution in [0.1, 0.15) is 17.7 Å². The van der Waals surface area contributed by atoms with Crippen LogP contribution in [0.4, 0.5) is 4.39 Å². The molecule has 26 heavy (non-hydrogen) atoms. The van der Waals surface area contributed by atoms with E-state index in [9.17, 15) is 17.6 Å². The van der Waals surface area contributed by atoms with E-state index in [1.807, 2.05) is 0 Å². The number of sulfonamides is 1. The smallest absolute Gasteiger partial charge is 0.221 e. The molecular weight excluding hydrogens is 357 g/mol. The summed E-state index contributed by atoms with van der Waals surface area (Å²) in [6, 6.07) is 11.6. The van der Waals surface area contributed by atoms with Gasteiger partial charge in [0.1, 0.15) is 5.82 Å². The molecule has 0 spiro atoms. The number of hydrogen-bond acceptors (Lipinski definition) is 4. The van der Waals surface area contributed by atoms with Gasteiger partial charge in [-0.3, -0.25) is 9.78 Å². The normalized spacial score (nSPS) is 11.5. The van der Waals surface area contributed by atoms with Crippen LogP contribution in [-0.2, 0) is 27.8 Å². The van der Waals surface area contributed by atoms with E-state index >= 15 is 0 Å². The summed E-state index contributed by atoms with van der Waals surface area (Å²) >= 11 is 0. The average molecular weight is 379 g/mol. The summed E-state index contributed by atoms with van der Waals surface area (Å²) in [4.78, 5) is 16.1. The molecular formula is C18H22FN3O3S. The first-order valence-electron chi connectivity index (χ1n) is 8.21. The molecule has 1 aromatic carbocycles. The van der Waals surface area contributed by atoms with Crippen molar-refractivity contribution in [2.24, 2.45) is 0 Å². The number of aromatic nitrogens is 1. The molecule has 0 bridgehead atoms. The Kier molecular flexibility index (Phi) is 7.23. The van der Waals surface area contributed by atoms with Crippen LogP contribution in [0.5, 0.6) is 0 Å². The molecule has 2 aromatic rings. The van der Waals surface area contributed by atoms with Gasteiger partial charge in [-0.1, -0.05) is 24.3 Å². The molecule has 0 fully saturated rings. The van der Waals surface area contributed by atoms with E-state index < -0.39 is 10.0 Å². The zero-order valence-electron chi connectivity index (χ0n) is 14.6. The average Bonchev–Trinajstić information content (AvgIpc) is 2.60. The fourth-order valence-electron chi connectivity index (χ4n) is 2.39. The highest BCUT2D eigenvalue weighted by molar-refractivity contribution is 7.88. The number of benzene rings is 1. The van der Waals surface area contributed by atoms with Gasteiger partial charge >= 0.3 is 0 Å². The third-order valence-corrected chi connectivity index (χ3v) is 5.05. The lowest BCUT2D eigenvalue weighted by Gasteiger charge is -2.19. The number of carbonyl (C=O) groups is 1. The highest BCUT2D eigenvalue weighted by Gasteiger charge is 2.18. The van der Waals surface area contributed by atoms with E-state index in [2.05, 4.69) is 10.3 Å². The Morgan fingerprint density at radius 3 is 2.58 bits per heavy atom. The molecule has 0 aliphatic carbocycles. The minimum Gasteiger partial charge on any atom is -0.356 e. The number of amides is 1. The lowest BCUT2D eigenvalue weighted by Crippen LogP contribution is -2.35. The monoisotopic (exact) mass is 379 g/mol. The first-order chi connectivity index (χ1) is 12.4. The van der Waals surface area contributed by atoms with Crippen molar-refractivity contribution in [2.75, 3.05) is 19.3 Å². The van der Waals surface area contributed by atoms with Gasteiger partial charge in [0.15, 0.2) is 0 Å². The Bertz CT molecular complexity index is 829. The Labute approximate surface area is 153 Å². The molecule has 1 amide bonds. The Morgan fingerprint density at radius 1 is 1.19 bits per heavy atom. The van der Waals surface area contributed by atoms with Gasteiger partial charge in [0.25, 0.3) is 0 Å². The summed E-state index contributed by atoms with van der Waals surface area (Å²) in [5.41, 5.74) is 1.14. The van der Waals surface area contributed by atoms with Gasteiger partial charge < -0.3 is 5.32 Å². The fraction of sp³-hybridized carbons (Fsp3) is 0.333.